The first-order valence-corrected chi connectivity index (χ1v) is 9.04. The number of hydrogen-bond acceptors (Lipinski definition) is 4. The highest BCUT2D eigenvalue weighted by Crippen LogP contribution is 2.32. The van der Waals surface area contributed by atoms with Crippen LogP contribution in [0.15, 0.2) is 20.1 Å². The Morgan fingerprint density at radius 3 is 2.67 bits per heavy atom. The number of halogens is 1. The van der Waals surface area contributed by atoms with Crippen LogP contribution < -0.4 is 5.32 Å². The summed E-state index contributed by atoms with van der Waals surface area (Å²) in [6.07, 6.45) is 1.87. The molecule has 2 heterocycles. The molecule has 2 rings (SSSR count). The number of thiophene rings is 1. The molecule has 4 nitrogen and oxygen atoms in total. The van der Waals surface area contributed by atoms with Crippen LogP contribution in [0, 0.1) is 5.92 Å². The second-order valence-corrected chi connectivity index (χ2v) is 8.36. The van der Waals surface area contributed by atoms with Crippen molar-refractivity contribution in [3.05, 3.63) is 15.9 Å². The van der Waals surface area contributed by atoms with Crippen LogP contribution in [-0.2, 0) is 10.0 Å². The molecule has 0 radical (unpaired) electrons. The van der Waals surface area contributed by atoms with Gasteiger partial charge in [0.15, 0.2) is 0 Å². The lowest BCUT2D eigenvalue weighted by Crippen LogP contribution is -2.40. The van der Waals surface area contributed by atoms with Gasteiger partial charge in [-0.2, -0.15) is 4.31 Å². The Bertz CT molecular complexity index is 493. The van der Waals surface area contributed by atoms with Crippen molar-refractivity contribution >= 4 is 37.3 Å². The minimum absolute atomic E-state index is 0.426. The van der Waals surface area contributed by atoms with E-state index in [4.69, 9.17) is 0 Å². The van der Waals surface area contributed by atoms with Gasteiger partial charge in [-0.05, 0) is 59.7 Å². The first-order valence-electron chi connectivity index (χ1n) is 5.93. The first kappa shape index (κ1) is 14.5. The fourth-order valence-electron chi connectivity index (χ4n) is 2.22. The van der Waals surface area contributed by atoms with Crippen molar-refractivity contribution in [2.45, 2.75) is 17.1 Å². The van der Waals surface area contributed by atoms with E-state index in [-0.39, 0.29) is 0 Å². The van der Waals surface area contributed by atoms with E-state index < -0.39 is 10.0 Å². The highest BCUT2D eigenvalue weighted by Gasteiger charge is 2.31. The standard InChI is InChI=1S/C11H17BrN2O2S2/c1-13-8-9-2-5-14(6-3-9)18(15,16)11-10(12)4-7-17-11/h4,7,9,13H,2-3,5-6,8H2,1H3. The maximum absolute atomic E-state index is 12.4. The van der Waals surface area contributed by atoms with Gasteiger partial charge in [-0.15, -0.1) is 11.3 Å². The average Bonchev–Trinajstić information content (AvgIpc) is 2.77. The van der Waals surface area contributed by atoms with Crippen molar-refractivity contribution in [1.82, 2.24) is 9.62 Å². The van der Waals surface area contributed by atoms with E-state index in [0.29, 0.717) is 27.7 Å². The molecule has 0 saturated carbocycles. The van der Waals surface area contributed by atoms with Gasteiger partial charge in [-0.3, -0.25) is 0 Å². The van der Waals surface area contributed by atoms with Gasteiger partial charge in [0.05, 0.1) is 0 Å². The SMILES string of the molecule is CNCC1CCN(S(=O)(=O)c2sccc2Br)CC1. The first-order chi connectivity index (χ1) is 8.55. The molecule has 18 heavy (non-hydrogen) atoms. The van der Waals surface area contributed by atoms with Crippen molar-refractivity contribution in [3.63, 3.8) is 0 Å². The number of hydrogen-bond donors (Lipinski definition) is 1. The molecule has 1 aliphatic heterocycles. The quantitative estimate of drug-likeness (QED) is 0.902. The lowest BCUT2D eigenvalue weighted by Gasteiger charge is -2.30. The Kier molecular flexibility index (Phi) is 4.82. The predicted molar refractivity (Wildman–Crippen MR) is 77.4 cm³/mol. The summed E-state index contributed by atoms with van der Waals surface area (Å²) >= 11 is 4.57. The fraction of sp³-hybridized carbons (Fsp3) is 0.636. The summed E-state index contributed by atoms with van der Waals surface area (Å²) in [5.74, 6) is 0.591. The second-order valence-electron chi connectivity index (χ2n) is 4.46. The van der Waals surface area contributed by atoms with Gasteiger partial charge in [0, 0.05) is 17.6 Å². The third-order valence-electron chi connectivity index (χ3n) is 3.22. The smallest absolute Gasteiger partial charge is 0.253 e. The van der Waals surface area contributed by atoms with E-state index in [0.717, 1.165) is 19.4 Å². The van der Waals surface area contributed by atoms with Crippen molar-refractivity contribution < 1.29 is 8.42 Å². The van der Waals surface area contributed by atoms with E-state index in [1.54, 1.807) is 15.8 Å². The molecule has 1 aromatic rings. The van der Waals surface area contributed by atoms with Crippen LogP contribution in [0.25, 0.3) is 0 Å². The van der Waals surface area contributed by atoms with Gasteiger partial charge >= 0.3 is 0 Å². The number of sulfonamides is 1. The summed E-state index contributed by atoms with van der Waals surface area (Å²) in [6.45, 7) is 2.22. The summed E-state index contributed by atoms with van der Waals surface area (Å²) in [7, 11) is -1.37. The molecule has 7 heteroatoms. The van der Waals surface area contributed by atoms with Gasteiger partial charge in [0.25, 0.3) is 10.0 Å². The topological polar surface area (TPSA) is 49.4 Å². The van der Waals surface area contributed by atoms with Gasteiger partial charge in [-0.1, -0.05) is 0 Å². The zero-order valence-electron chi connectivity index (χ0n) is 10.2. The molecule has 0 aliphatic carbocycles. The summed E-state index contributed by atoms with van der Waals surface area (Å²) < 4.78 is 27.6. The van der Waals surface area contributed by atoms with Gasteiger partial charge in [0.2, 0.25) is 0 Å². The number of rotatable bonds is 4. The molecular weight excluding hydrogens is 336 g/mol. The molecule has 0 amide bonds. The largest absolute Gasteiger partial charge is 0.319 e. The number of nitrogens with one attached hydrogen (secondary N) is 1. The molecule has 1 saturated heterocycles. The van der Waals surface area contributed by atoms with E-state index in [1.165, 1.54) is 11.3 Å². The average molecular weight is 353 g/mol. The highest BCUT2D eigenvalue weighted by molar-refractivity contribution is 9.10. The Morgan fingerprint density at radius 2 is 2.17 bits per heavy atom. The van der Waals surface area contributed by atoms with Crippen molar-refractivity contribution in [2.24, 2.45) is 5.92 Å². The minimum Gasteiger partial charge on any atom is -0.319 e. The molecule has 1 N–H and O–H groups in total. The van der Waals surface area contributed by atoms with Crippen molar-refractivity contribution in [3.8, 4) is 0 Å². The Hall–Kier alpha value is 0.0500. The lowest BCUT2D eigenvalue weighted by molar-refractivity contribution is 0.271. The van der Waals surface area contributed by atoms with Crippen molar-refractivity contribution in [2.75, 3.05) is 26.7 Å². The molecule has 102 valence electrons. The van der Waals surface area contributed by atoms with Gasteiger partial charge < -0.3 is 5.32 Å². The van der Waals surface area contributed by atoms with Crippen LogP contribution in [0.5, 0.6) is 0 Å². The Labute approximate surface area is 121 Å². The molecule has 0 unspecified atom stereocenters. The fourth-order valence-corrected chi connectivity index (χ4v) is 6.14. The summed E-state index contributed by atoms with van der Waals surface area (Å²) in [6, 6.07) is 1.78. The monoisotopic (exact) mass is 352 g/mol. The van der Waals surface area contributed by atoms with Crippen LogP contribution >= 0.6 is 27.3 Å². The zero-order chi connectivity index (χ0) is 13.2. The Morgan fingerprint density at radius 1 is 1.50 bits per heavy atom. The molecule has 0 bridgehead atoms. The normalized spacial score (nSPS) is 19.2. The van der Waals surface area contributed by atoms with Crippen LogP contribution in [-0.4, -0.2) is 39.4 Å². The maximum Gasteiger partial charge on any atom is 0.253 e. The maximum atomic E-state index is 12.4. The molecule has 0 atom stereocenters. The minimum atomic E-state index is -3.30. The van der Waals surface area contributed by atoms with Gasteiger partial charge in [-0.25, -0.2) is 8.42 Å². The van der Waals surface area contributed by atoms with E-state index in [2.05, 4.69) is 21.2 Å². The van der Waals surface area contributed by atoms with Crippen LogP contribution in [0.4, 0.5) is 0 Å². The molecule has 1 aliphatic rings. The molecular formula is C11H17BrN2O2S2. The Balaban J connectivity index is 2.08. The van der Waals surface area contributed by atoms with Crippen molar-refractivity contribution in [1.29, 1.82) is 0 Å². The predicted octanol–water partition coefficient (Wildman–Crippen LogP) is 2.13. The lowest BCUT2D eigenvalue weighted by atomic mass is 9.98. The molecule has 0 spiro atoms. The molecule has 1 aromatic heterocycles. The summed E-state index contributed by atoms with van der Waals surface area (Å²) in [5, 5.41) is 4.95. The van der Waals surface area contributed by atoms with Crippen LogP contribution in [0.3, 0.4) is 0 Å². The second kappa shape index (κ2) is 6.00. The van der Waals surface area contributed by atoms with E-state index >= 15 is 0 Å². The highest BCUT2D eigenvalue weighted by atomic mass is 79.9. The zero-order valence-corrected chi connectivity index (χ0v) is 13.4. The van der Waals surface area contributed by atoms with Gasteiger partial charge in [0.1, 0.15) is 4.21 Å². The van der Waals surface area contributed by atoms with Crippen LogP contribution in [0.2, 0.25) is 0 Å². The number of nitrogens with zero attached hydrogens (tertiary/aromatic N) is 1. The third-order valence-corrected chi connectivity index (χ3v) is 7.77. The van der Waals surface area contributed by atoms with E-state index in [1.807, 2.05) is 7.05 Å². The summed E-state index contributed by atoms with van der Waals surface area (Å²) in [4.78, 5) is 0. The molecule has 0 aromatic carbocycles. The summed E-state index contributed by atoms with van der Waals surface area (Å²) in [5.41, 5.74) is 0. The third kappa shape index (κ3) is 2.96. The van der Waals surface area contributed by atoms with Crippen LogP contribution in [0.1, 0.15) is 12.8 Å². The number of piperidine rings is 1. The van der Waals surface area contributed by atoms with E-state index in [9.17, 15) is 8.42 Å². The molecule has 1 fully saturated rings.